The first-order chi connectivity index (χ1) is 10.4. The van der Waals surface area contributed by atoms with Gasteiger partial charge in [-0.3, -0.25) is 4.79 Å². The van der Waals surface area contributed by atoms with Gasteiger partial charge < -0.3 is 0 Å². The highest BCUT2D eigenvalue weighted by Gasteiger charge is 2.12. The van der Waals surface area contributed by atoms with Gasteiger partial charge in [0.2, 0.25) is 0 Å². The third kappa shape index (κ3) is 3.68. The molecule has 0 aliphatic carbocycles. The Morgan fingerprint density at radius 1 is 1.27 bits per heavy atom. The zero-order valence-corrected chi connectivity index (χ0v) is 13.8. The number of benzene rings is 1. The van der Waals surface area contributed by atoms with Crippen LogP contribution in [0.4, 0.5) is 0 Å². The Balaban J connectivity index is 2.38. The van der Waals surface area contributed by atoms with Gasteiger partial charge in [0.1, 0.15) is 0 Å². The molecule has 2 rings (SSSR count). The molecular weight excluding hydrogens is 321 g/mol. The van der Waals surface area contributed by atoms with Crippen molar-refractivity contribution in [2.45, 2.75) is 32.6 Å². The molecule has 4 nitrogen and oxygen atoms in total. The maximum atomic E-state index is 11.7. The van der Waals surface area contributed by atoms with Gasteiger partial charge in [-0.15, -0.1) is 0 Å². The third-order valence-corrected chi connectivity index (χ3v) is 4.02. The summed E-state index contributed by atoms with van der Waals surface area (Å²) >= 11 is 12.5. The van der Waals surface area contributed by atoms with Crippen LogP contribution in [0.5, 0.6) is 0 Å². The Morgan fingerprint density at radius 3 is 2.45 bits per heavy atom. The summed E-state index contributed by atoms with van der Waals surface area (Å²) in [7, 11) is 0. The predicted molar refractivity (Wildman–Crippen MR) is 87.5 cm³/mol. The van der Waals surface area contributed by atoms with Crippen molar-refractivity contribution in [1.82, 2.24) is 10.2 Å². The fraction of sp³-hybridized carbons (Fsp3) is 0.312. The Morgan fingerprint density at radius 2 is 1.91 bits per heavy atom. The molecule has 0 aliphatic rings. The summed E-state index contributed by atoms with van der Waals surface area (Å²) in [5.41, 5.74) is 2.71. The largest absolute Gasteiger partial charge is 0.268 e. The molecular formula is C16H15Cl2N3O. The number of aromatic nitrogens is 2. The van der Waals surface area contributed by atoms with Crippen LogP contribution >= 0.6 is 23.2 Å². The highest BCUT2D eigenvalue weighted by atomic mass is 35.5. The average molecular weight is 336 g/mol. The van der Waals surface area contributed by atoms with Gasteiger partial charge in [0.05, 0.1) is 18.2 Å². The van der Waals surface area contributed by atoms with Gasteiger partial charge in [-0.05, 0) is 35.2 Å². The maximum Gasteiger partial charge on any atom is 0.267 e. The second-order valence-corrected chi connectivity index (χ2v) is 6.16. The molecule has 6 heteroatoms. The smallest absolute Gasteiger partial charge is 0.267 e. The Bertz CT molecular complexity index is 768. The zero-order chi connectivity index (χ0) is 16.3. The lowest BCUT2D eigenvalue weighted by molar-refractivity contribution is 0.801. The van der Waals surface area contributed by atoms with Crippen LogP contribution in [0.2, 0.25) is 10.0 Å². The van der Waals surface area contributed by atoms with E-state index in [9.17, 15) is 4.79 Å². The van der Waals surface area contributed by atoms with Gasteiger partial charge in [0.15, 0.2) is 0 Å². The van der Waals surface area contributed by atoms with E-state index in [1.807, 2.05) is 13.8 Å². The van der Waals surface area contributed by atoms with Gasteiger partial charge in [0.25, 0.3) is 5.56 Å². The second kappa shape index (κ2) is 6.95. The van der Waals surface area contributed by atoms with E-state index in [-0.39, 0.29) is 17.9 Å². The molecule has 22 heavy (non-hydrogen) atoms. The van der Waals surface area contributed by atoms with Crippen LogP contribution in [0.3, 0.4) is 0 Å². The van der Waals surface area contributed by atoms with Crippen molar-refractivity contribution in [1.29, 1.82) is 5.26 Å². The van der Waals surface area contributed by atoms with E-state index in [0.29, 0.717) is 27.7 Å². The molecule has 0 radical (unpaired) electrons. The van der Waals surface area contributed by atoms with Crippen molar-refractivity contribution in [3.05, 3.63) is 61.0 Å². The van der Waals surface area contributed by atoms with E-state index in [0.717, 1.165) is 11.1 Å². The molecule has 1 heterocycles. The number of H-pyrrole nitrogens is 1. The molecule has 1 N–H and O–H groups in total. The number of nitrogens with one attached hydrogen (secondary N) is 1. The Hall–Kier alpha value is -1.83. The van der Waals surface area contributed by atoms with E-state index in [2.05, 4.69) is 16.3 Å². The van der Waals surface area contributed by atoms with Crippen LogP contribution in [-0.4, -0.2) is 10.2 Å². The first-order valence-corrected chi connectivity index (χ1v) is 7.60. The summed E-state index contributed by atoms with van der Waals surface area (Å²) in [6.07, 6.45) is 0.676. The summed E-state index contributed by atoms with van der Waals surface area (Å²) < 4.78 is 0. The highest BCUT2D eigenvalue weighted by molar-refractivity contribution is 6.36. The third-order valence-electron chi connectivity index (χ3n) is 3.35. The molecule has 0 fully saturated rings. The SMILES string of the molecule is CC(C)c1cc(Cc2c(Cl)cc(CC#N)cc2Cl)n[nH]c1=O. The summed E-state index contributed by atoms with van der Waals surface area (Å²) in [6, 6.07) is 7.32. The van der Waals surface area contributed by atoms with Crippen molar-refractivity contribution in [3.8, 4) is 6.07 Å². The fourth-order valence-corrected chi connectivity index (χ4v) is 2.85. The number of halogens is 2. The summed E-state index contributed by atoms with van der Waals surface area (Å²) in [4.78, 5) is 11.7. The summed E-state index contributed by atoms with van der Waals surface area (Å²) in [6.45, 7) is 3.90. The minimum absolute atomic E-state index is 0.106. The molecule has 0 spiro atoms. The molecule has 0 atom stereocenters. The number of nitriles is 1. The molecule has 114 valence electrons. The molecule has 1 aromatic carbocycles. The number of hydrogen-bond donors (Lipinski definition) is 1. The first kappa shape index (κ1) is 16.5. The number of aromatic amines is 1. The number of hydrogen-bond acceptors (Lipinski definition) is 3. The van der Waals surface area contributed by atoms with E-state index in [4.69, 9.17) is 28.5 Å². The predicted octanol–water partition coefficient (Wildman–Crippen LogP) is 3.86. The van der Waals surface area contributed by atoms with Crippen molar-refractivity contribution in [3.63, 3.8) is 0 Å². The lowest BCUT2D eigenvalue weighted by atomic mass is 10.0. The first-order valence-electron chi connectivity index (χ1n) is 6.84. The average Bonchev–Trinajstić information content (AvgIpc) is 2.44. The Kier molecular flexibility index (Phi) is 5.23. The number of rotatable bonds is 4. The van der Waals surface area contributed by atoms with Crippen molar-refractivity contribution in [2.24, 2.45) is 0 Å². The van der Waals surface area contributed by atoms with E-state index in [1.54, 1.807) is 18.2 Å². The van der Waals surface area contributed by atoms with Crippen LogP contribution in [-0.2, 0) is 12.8 Å². The van der Waals surface area contributed by atoms with E-state index in [1.165, 1.54) is 0 Å². The molecule has 0 amide bonds. The second-order valence-electron chi connectivity index (χ2n) is 5.35. The maximum absolute atomic E-state index is 11.7. The van der Waals surface area contributed by atoms with Crippen LogP contribution in [0.25, 0.3) is 0 Å². The molecule has 0 aliphatic heterocycles. The molecule has 0 bridgehead atoms. The minimum atomic E-state index is -0.180. The standard InChI is InChI=1S/C16H15Cl2N3O/c1-9(2)12-7-11(20-21-16(12)22)8-13-14(17)5-10(3-4-19)6-15(13)18/h5-7,9H,3,8H2,1-2H3,(H,21,22). The van der Waals surface area contributed by atoms with Crippen LogP contribution in [0, 0.1) is 11.3 Å². The quantitative estimate of drug-likeness (QED) is 0.922. The monoisotopic (exact) mass is 335 g/mol. The van der Waals surface area contributed by atoms with Crippen LogP contribution < -0.4 is 5.56 Å². The lowest BCUT2D eigenvalue weighted by Gasteiger charge is -2.10. The summed E-state index contributed by atoms with van der Waals surface area (Å²) in [5, 5.41) is 16.3. The van der Waals surface area contributed by atoms with Gasteiger partial charge in [-0.2, -0.15) is 10.4 Å². The Labute approximate surface area is 138 Å². The number of nitrogens with zero attached hydrogens (tertiary/aromatic N) is 2. The van der Waals surface area contributed by atoms with Crippen molar-refractivity contribution < 1.29 is 0 Å². The van der Waals surface area contributed by atoms with Gasteiger partial charge in [-0.1, -0.05) is 37.0 Å². The molecule has 0 unspecified atom stereocenters. The van der Waals surface area contributed by atoms with Crippen molar-refractivity contribution in [2.75, 3.05) is 0 Å². The highest BCUT2D eigenvalue weighted by Crippen LogP contribution is 2.29. The van der Waals surface area contributed by atoms with E-state index < -0.39 is 0 Å². The van der Waals surface area contributed by atoms with E-state index >= 15 is 0 Å². The molecule has 0 saturated heterocycles. The van der Waals surface area contributed by atoms with Gasteiger partial charge >= 0.3 is 0 Å². The lowest BCUT2D eigenvalue weighted by Crippen LogP contribution is -2.17. The molecule has 0 saturated carbocycles. The summed E-state index contributed by atoms with van der Waals surface area (Å²) in [5.74, 6) is 0.106. The normalized spacial score (nSPS) is 10.7. The zero-order valence-electron chi connectivity index (χ0n) is 12.3. The topological polar surface area (TPSA) is 69.5 Å². The van der Waals surface area contributed by atoms with Crippen molar-refractivity contribution >= 4 is 23.2 Å². The fourth-order valence-electron chi connectivity index (χ4n) is 2.18. The molecule has 2 aromatic rings. The van der Waals surface area contributed by atoms with Gasteiger partial charge in [0, 0.05) is 22.0 Å². The van der Waals surface area contributed by atoms with Crippen LogP contribution in [0.1, 0.15) is 42.1 Å². The van der Waals surface area contributed by atoms with Gasteiger partial charge in [-0.25, -0.2) is 5.10 Å². The van der Waals surface area contributed by atoms with Crippen LogP contribution in [0.15, 0.2) is 23.0 Å². The molecule has 1 aromatic heterocycles. The minimum Gasteiger partial charge on any atom is -0.268 e.